The number of thiophene rings is 1. The maximum atomic E-state index is 11.7. The summed E-state index contributed by atoms with van der Waals surface area (Å²) >= 11 is 1.38. The zero-order valence-corrected chi connectivity index (χ0v) is 19.6. The van der Waals surface area contributed by atoms with E-state index in [1.807, 2.05) is 6.07 Å². The highest BCUT2D eigenvalue weighted by atomic mass is 32.1. The number of ether oxygens (including phenoxy) is 1. The molecule has 1 saturated heterocycles. The third kappa shape index (κ3) is 6.96. The van der Waals surface area contributed by atoms with Gasteiger partial charge < -0.3 is 4.74 Å². The molecule has 7 heteroatoms. The Bertz CT molecular complexity index is 1020. The van der Waals surface area contributed by atoms with Crippen molar-refractivity contribution in [2.24, 2.45) is 0 Å². The second kappa shape index (κ2) is 12.1. The minimum Gasteiger partial charge on any atom is -0.379 e. The van der Waals surface area contributed by atoms with Gasteiger partial charge in [-0.1, -0.05) is 48.5 Å². The second-order valence-corrected chi connectivity index (χ2v) is 9.35. The van der Waals surface area contributed by atoms with Gasteiger partial charge in [-0.15, -0.1) is 11.3 Å². The van der Waals surface area contributed by atoms with E-state index < -0.39 is 5.91 Å². The molecule has 6 nitrogen and oxygen atoms in total. The summed E-state index contributed by atoms with van der Waals surface area (Å²) in [5, 5.41) is 8.88. The average molecular weight is 466 g/mol. The Hall–Kier alpha value is -2.55. The van der Waals surface area contributed by atoms with Gasteiger partial charge in [-0.3, -0.25) is 19.8 Å². The first-order valence-corrected chi connectivity index (χ1v) is 12.2. The van der Waals surface area contributed by atoms with Crippen LogP contribution >= 0.6 is 11.3 Å². The van der Waals surface area contributed by atoms with Crippen LogP contribution in [0.1, 0.15) is 20.8 Å². The fraction of sp³-hybridized carbons (Fsp3) is 0.346. The minimum atomic E-state index is -0.474. The largest absolute Gasteiger partial charge is 0.379 e. The van der Waals surface area contributed by atoms with Crippen LogP contribution < -0.4 is 5.48 Å². The molecular formula is C26H31N3O3S. The molecule has 2 aromatic carbocycles. The number of rotatable bonds is 10. The van der Waals surface area contributed by atoms with Gasteiger partial charge in [0.25, 0.3) is 5.91 Å². The molecule has 1 aliphatic rings. The lowest BCUT2D eigenvalue weighted by atomic mass is 10.1. The molecule has 1 fully saturated rings. The lowest BCUT2D eigenvalue weighted by Gasteiger charge is -2.30. The van der Waals surface area contributed by atoms with Gasteiger partial charge in [0, 0.05) is 44.1 Å². The van der Waals surface area contributed by atoms with Crippen LogP contribution in [0.3, 0.4) is 0 Å². The Morgan fingerprint density at radius 2 is 1.79 bits per heavy atom. The van der Waals surface area contributed by atoms with Crippen LogP contribution in [0.15, 0.2) is 66.7 Å². The Balaban J connectivity index is 1.44. The second-order valence-electron chi connectivity index (χ2n) is 8.27. The molecule has 2 heterocycles. The third-order valence-electron chi connectivity index (χ3n) is 5.94. The summed E-state index contributed by atoms with van der Waals surface area (Å²) in [4.78, 5) is 18.2. The van der Waals surface area contributed by atoms with Crippen molar-refractivity contribution < 1.29 is 14.7 Å². The Morgan fingerprint density at radius 1 is 1.00 bits per heavy atom. The van der Waals surface area contributed by atoms with Gasteiger partial charge in [0.05, 0.1) is 18.1 Å². The van der Waals surface area contributed by atoms with E-state index in [1.165, 1.54) is 22.5 Å². The highest BCUT2D eigenvalue weighted by Crippen LogP contribution is 2.29. The fourth-order valence-corrected chi connectivity index (χ4v) is 4.95. The fourth-order valence-electron chi connectivity index (χ4n) is 4.06. The monoisotopic (exact) mass is 465 g/mol. The van der Waals surface area contributed by atoms with Gasteiger partial charge in [-0.25, -0.2) is 5.48 Å². The smallest absolute Gasteiger partial charge is 0.284 e. The first kappa shape index (κ1) is 23.6. The molecule has 1 aromatic heterocycles. The Morgan fingerprint density at radius 3 is 2.58 bits per heavy atom. The average Bonchev–Trinajstić information content (AvgIpc) is 3.37. The van der Waals surface area contributed by atoms with E-state index in [4.69, 9.17) is 9.94 Å². The SMILES string of the molecule is O=C(NO)c1ccc(-c2cccc(CN(CCc3ccccc3)CCN3CCOCC3)c2)s1. The lowest BCUT2D eigenvalue weighted by Crippen LogP contribution is -2.41. The molecule has 0 radical (unpaired) electrons. The van der Waals surface area contributed by atoms with Crippen molar-refractivity contribution in [1.29, 1.82) is 0 Å². The van der Waals surface area contributed by atoms with Gasteiger partial charge in [0.2, 0.25) is 0 Å². The predicted octanol–water partition coefficient (Wildman–Crippen LogP) is 3.91. The van der Waals surface area contributed by atoms with Crippen molar-refractivity contribution >= 4 is 17.2 Å². The number of benzene rings is 2. The van der Waals surface area contributed by atoms with Crippen molar-refractivity contribution in [2.45, 2.75) is 13.0 Å². The van der Waals surface area contributed by atoms with Gasteiger partial charge in [0.15, 0.2) is 0 Å². The standard InChI is InChI=1S/C26H31N3O3S/c30-26(27-31)25-10-9-24(33-25)23-8-4-7-22(19-23)20-29(12-11-21-5-2-1-3-6-21)14-13-28-15-17-32-18-16-28/h1-10,19,31H,11-18,20H2,(H,27,30). The van der Waals surface area contributed by atoms with Crippen LogP contribution in [0.5, 0.6) is 0 Å². The van der Waals surface area contributed by atoms with E-state index in [0.29, 0.717) is 4.88 Å². The van der Waals surface area contributed by atoms with E-state index in [-0.39, 0.29) is 0 Å². The molecule has 33 heavy (non-hydrogen) atoms. The van der Waals surface area contributed by atoms with Gasteiger partial charge >= 0.3 is 0 Å². The van der Waals surface area contributed by atoms with Crippen molar-refractivity contribution in [1.82, 2.24) is 15.3 Å². The topological polar surface area (TPSA) is 65.0 Å². The van der Waals surface area contributed by atoms with Crippen LogP contribution in [0, 0.1) is 0 Å². The molecule has 0 aliphatic carbocycles. The number of nitrogens with zero attached hydrogens (tertiary/aromatic N) is 2. The van der Waals surface area contributed by atoms with Crippen LogP contribution in [-0.4, -0.2) is 66.9 Å². The molecule has 3 aromatic rings. The first-order valence-electron chi connectivity index (χ1n) is 11.4. The number of carbonyl (C=O) groups excluding carboxylic acids is 1. The Labute approximate surface area is 199 Å². The van der Waals surface area contributed by atoms with Crippen LogP contribution in [0.2, 0.25) is 0 Å². The normalized spacial score (nSPS) is 14.5. The molecule has 0 unspecified atom stereocenters. The van der Waals surface area contributed by atoms with Crippen molar-refractivity contribution in [3.8, 4) is 10.4 Å². The molecule has 0 saturated carbocycles. The van der Waals surface area contributed by atoms with Gasteiger partial charge in [-0.2, -0.15) is 0 Å². The van der Waals surface area contributed by atoms with Crippen LogP contribution in [-0.2, 0) is 17.7 Å². The summed E-state index contributed by atoms with van der Waals surface area (Å²) < 4.78 is 5.49. The molecule has 4 rings (SSSR count). The third-order valence-corrected chi connectivity index (χ3v) is 7.08. The zero-order valence-electron chi connectivity index (χ0n) is 18.8. The number of carbonyl (C=O) groups is 1. The molecule has 0 atom stereocenters. The molecule has 0 bridgehead atoms. The van der Waals surface area contributed by atoms with Gasteiger partial charge in [-0.05, 0) is 41.3 Å². The number of nitrogens with one attached hydrogen (secondary N) is 1. The summed E-state index contributed by atoms with van der Waals surface area (Å²) in [6.45, 7) is 7.58. The number of hydroxylamine groups is 1. The predicted molar refractivity (Wildman–Crippen MR) is 132 cm³/mol. The molecule has 1 aliphatic heterocycles. The van der Waals surface area contributed by atoms with Crippen LogP contribution in [0.4, 0.5) is 0 Å². The van der Waals surface area contributed by atoms with E-state index in [9.17, 15) is 4.79 Å². The molecular weight excluding hydrogens is 434 g/mol. The molecule has 2 N–H and O–H groups in total. The number of morpholine rings is 1. The van der Waals surface area contributed by atoms with E-state index in [0.717, 1.165) is 69.3 Å². The zero-order chi connectivity index (χ0) is 22.9. The van der Waals surface area contributed by atoms with E-state index >= 15 is 0 Å². The summed E-state index contributed by atoms with van der Waals surface area (Å²) in [5.74, 6) is -0.474. The summed E-state index contributed by atoms with van der Waals surface area (Å²) in [7, 11) is 0. The van der Waals surface area contributed by atoms with E-state index in [1.54, 1.807) is 11.5 Å². The molecule has 174 valence electrons. The van der Waals surface area contributed by atoms with Crippen molar-refractivity contribution in [3.05, 3.63) is 82.7 Å². The maximum Gasteiger partial charge on any atom is 0.284 e. The minimum absolute atomic E-state index is 0.474. The highest BCUT2D eigenvalue weighted by Gasteiger charge is 2.14. The number of hydrogen-bond donors (Lipinski definition) is 2. The lowest BCUT2D eigenvalue weighted by molar-refractivity contribution is 0.0330. The number of amides is 1. The number of hydrogen-bond acceptors (Lipinski definition) is 6. The molecule has 1 amide bonds. The summed E-state index contributed by atoms with van der Waals surface area (Å²) in [6, 6.07) is 22.8. The van der Waals surface area contributed by atoms with Crippen LogP contribution in [0.25, 0.3) is 10.4 Å². The first-order chi connectivity index (χ1) is 16.2. The highest BCUT2D eigenvalue weighted by molar-refractivity contribution is 7.17. The van der Waals surface area contributed by atoms with Crippen molar-refractivity contribution in [2.75, 3.05) is 45.9 Å². The maximum absolute atomic E-state index is 11.7. The molecule has 0 spiro atoms. The van der Waals surface area contributed by atoms with E-state index in [2.05, 4.69) is 64.4 Å². The van der Waals surface area contributed by atoms with Gasteiger partial charge in [0.1, 0.15) is 0 Å². The Kier molecular flexibility index (Phi) is 8.63. The summed E-state index contributed by atoms with van der Waals surface area (Å²) in [6.07, 6.45) is 1.02. The summed E-state index contributed by atoms with van der Waals surface area (Å²) in [5.41, 5.74) is 5.40. The quantitative estimate of drug-likeness (QED) is 0.351. The van der Waals surface area contributed by atoms with Crippen molar-refractivity contribution in [3.63, 3.8) is 0 Å².